The van der Waals surface area contributed by atoms with E-state index >= 15 is 0 Å². The molecule has 0 aliphatic rings. The second-order valence-electron chi connectivity index (χ2n) is 3.77. The fraction of sp³-hybridized carbons (Fsp3) is 1.00. The molecule has 0 radical (unpaired) electrons. The maximum absolute atomic E-state index is 2.58. The molecule has 102 valence electrons. The summed E-state index contributed by atoms with van der Waals surface area (Å²) in [6.45, 7) is 21.8. The minimum absolute atomic E-state index is 0.443. The van der Waals surface area contributed by atoms with Crippen LogP contribution in [0.2, 0.25) is 0 Å². The zero-order valence-corrected chi connectivity index (χ0v) is 13.5. The smallest absolute Gasteiger partial charge is 0.0178 e. The quantitative estimate of drug-likeness (QED) is 0.595. The van der Waals surface area contributed by atoms with Crippen molar-refractivity contribution in [2.24, 2.45) is 0 Å². The lowest BCUT2D eigenvalue weighted by Crippen LogP contribution is -2.45. The number of hydrogen-bond acceptors (Lipinski definition) is 1. The van der Waals surface area contributed by atoms with E-state index in [0.29, 0.717) is 5.54 Å². The third-order valence-corrected chi connectivity index (χ3v) is 3.08. The van der Waals surface area contributed by atoms with Gasteiger partial charge in [0.1, 0.15) is 0 Å². The minimum atomic E-state index is 0.443. The van der Waals surface area contributed by atoms with Crippen molar-refractivity contribution in [1.82, 2.24) is 4.90 Å². The largest absolute Gasteiger partial charge is 0.298 e. The predicted molar refractivity (Wildman–Crippen MR) is 79.2 cm³/mol. The van der Waals surface area contributed by atoms with Crippen LogP contribution >= 0.6 is 0 Å². The average Bonchev–Trinajstić information content (AvgIpc) is 2.36. The van der Waals surface area contributed by atoms with Gasteiger partial charge in [0.05, 0.1) is 0 Å². The maximum atomic E-state index is 2.58. The van der Waals surface area contributed by atoms with Gasteiger partial charge in [-0.2, -0.15) is 0 Å². The zero-order chi connectivity index (χ0) is 13.6. The standard InChI is InChI=1S/C11H25N.2C2H6/c1-6-10-11(5,7-2)12(8-3)9-4;2*1-2/h6-10H2,1-5H3;2*1-2H3. The Balaban J connectivity index is -0.000000376. The van der Waals surface area contributed by atoms with Gasteiger partial charge in [0, 0.05) is 5.54 Å². The molecule has 0 saturated carbocycles. The Labute approximate surface area is 106 Å². The van der Waals surface area contributed by atoms with Crippen LogP contribution in [0.3, 0.4) is 0 Å². The normalized spacial score (nSPS) is 13.1. The first-order chi connectivity index (χ1) is 7.64. The fourth-order valence-corrected chi connectivity index (χ4v) is 2.08. The van der Waals surface area contributed by atoms with Crippen molar-refractivity contribution in [3.05, 3.63) is 0 Å². The van der Waals surface area contributed by atoms with Crippen LogP contribution in [0.1, 0.15) is 81.6 Å². The highest BCUT2D eigenvalue weighted by Gasteiger charge is 2.26. The van der Waals surface area contributed by atoms with E-state index in [1.165, 1.54) is 32.4 Å². The van der Waals surface area contributed by atoms with Gasteiger partial charge in [-0.15, -0.1) is 0 Å². The molecule has 0 bridgehead atoms. The molecule has 1 unspecified atom stereocenters. The van der Waals surface area contributed by atoms with Crippen molar-refractivity contribution >= 4 is 0 Å². The molecule has 1 nitrogen and oxygen atoms in total. The Kier molecular flexibility index (Phi) is 19.9. The van der Waals surface area contributed by atoms with Crippen LogP contribution in [0, 0.1) is 0 Å². The second kappa shape index (κ2) is 15.0. The molecular formula is C15H37N. The maximum Gasteiger partial charge on any atom is 0.0178 e. The Morgan fingerprint density at radius 3 is 1.38 bits per heavy atom. The second-order valence-corrected chi connectivity index (χ2v) is 3.77. The molecule has 0 N–H and O–H groups in total. The van der Waals surface area contributed by atoms with Crippen LogP contribution in [0.5, 0.6) is 0 Å². The third-order valence-electron chi connectivity index (χ3n) is 3.08. The van der Waals surface area contributed by atoms with Crippen LogP contribution in [-0.4, -0.2) is 23.5 Å². The van der Waals surface area contributed by atoms with Gasteiger partial charge < -0.3 is 0 Å². The Hall–Kier alpha value is -0.0400. The molecule has 0 rings (SSSR count). The van der Waals surface area contributed by atoms with Gasteiger partial charge >= 0.3 is 0 Å². The number of rotatable bonds is 6. The van der Waals surface area contributed by atoms with E-state index in [9.17, 15) is 0 Å². The molecule has 0 aromatic carbocycles. The Morgan fingerprint density at radius 1 is 0.812 bits per heavy atom. The van der Waals surface area contributed by atoms with Crippen molar-refractivity contribution in [3.8, 4) is 0 Å². The zero-order valence-electron chi connectivity index (χ0n) is 13.5. The molecule has 0 aromatic heterocycles. The first kappa shape index (κ1) is 21.3. The number of hydrogen-bond donors (Lipinski definition) is 0. The Morgan fingerprint density at radius 2 is 1.19 bits per heavy atom. The summed E-state index contributed by atoms with van der Waals surface area (Å²) in [5.74, 6) is 0. The van der Waals surface area contributed by atoms with Crippen LogP contribution < -0.4 is 0 Å². The summed E-state index contributed by atoms with van der Waals surface area (Å²) in [6, 6.07) is 0. The highest BCUT2D eigenvalue weighted by molar-refractivity contribution is 4.83. The Bertz CT molecular complexity index is 108. The van der Waals surface area contributed by atoms with Crippen molar-refractivity contribution in [1.29, 1.82) is 0 Å². The fourth-order valence-electron chi connectivity index (χ4n) is 2.08. The average molecular weight is 231 g/mol. The van der Waals surface area contributed by atoms with Crippen LogP contribution in [0.25, 0.3) is 0 Å². The summed E-state index contributed by atoms with van der Waals surface area (Å²) in [5, 5.41) is 0. The summed E-state index contributed by atoms with van der Waals surface area (Å²) in [4.78, 5) is 2.58. The summed E-state index contributed by atoms with van der Waals surface area (Å²) in [5.41, 5.74) is 0.443. The molecule has 0 aliphatic carbocycles. The first-order valence-corrected chi connectivity index (χ1v) is 7.39. The van der Waals surface area contributed by atoms with Gasteiger partial charge in [-0.05, 0) is 32.9 Å². The van der Waals surface area contributed by atoms with Gasteiger partial charge in [-0.25, -0.2) is 0 Å². The van der Waals surface area contributed by atoms with Gasteiger partial charge in [0.15, 0.2) is 0 Å². The molecular weight excluding hydrogens is 194 g/mol. The van der Waals surface area contributed by atoms with Gasteiger partial charge in [0.25, 0.3) is 0 Å². The van der Waals surface area contributed by atoms with Gasteiger partial charge in [-0.3, -0.25) is 4.90 Å². The van der Waals surface area contributed by atoms with Crippen molar-refractivity contribution < 1.29 is 0 Å². The lowest BCUT2D eigenvalue weighted by Gasteiger charge is -2.39. The molecule has 0 aromatic rings. The van der Waals surface area contributed by atoms with Gasteiger partial charge in [0.2, 0.25) is 0 Å². The molecule has 0 saturated heterocycles. The van der Waals surface area contributed by atoms with E-state index in [-0.39, 0.29) is 0 Å². The van der Waals surface area contributed by atoms with E-state index in [1.807, 2.05) is 27.7 Å². The minimum Gasteiger partial charge on any atom is -0.298 e. The van der Waals surface area contributed by atoms with Crippen LogP contribution in [0.4, 0.5) is 0 Å². The number of nitrogens with zero attached hydrogens (tertiary/aromatic N) is 1. The highest BCUT2D eigenvalue weighted by Crippen LogP contribution is 2.24. The molecule has 0 spiro atoms. The molecule has 1 atom stereocenters. The SMILES string of the molecule is CC.CC.CCCC(C)(CC)N(CC)CC. The summed E-state index contributed by atoms with van der Waals surface area (Å²) >= 11 is 0. The molecule has 1 heteroatoms. The molecule has 0 fully saturated rings. The summed E-state index contributed by atoms with van der Waals surface area (Å²) in [7, 11) is 0. The molecule has 0 aliphatic heterocycles. The summed E-state index contributed by atoms with van der Waals surface area (Å²) < 4.78 is 0. The highest BCUT2D eigenvalue weighted by atomic mass is 15.2. The molecule has 16 heavy (non-hydrogen) atoms. The van der Waals surface area contributed by atoms with Gasteiger partial charge in [-0.1, -0.05) is 61.8 Å². The van der Waals surface area contributed by atoms with E-state index in [2.05, 4.69) is 39.5 Å². The predicted octanol–water partition coefficient (Wildman–Crippen LogP) is 5.35. The van der Waals surface area contributed by atoms with E-state index in [4.69, 9.17) is 0 Å². The molecule has 0 amide bonds. The van der Waals surface area contributed by atoms with Crippen LogP contribution in [0.15, 0.2) is 0 Å². The topological polar surface area (TPSA) is 3.24 Å². The third kappa shape index (κ3) is 8.15. The van der Waals surface area contributed by atoms with Crippen molar-refractivity contribution in [2.45, 2.75) is 87.1 Å². The lowest BCUT2D eigenvalue weighted by atomic mass is 9.91. The van der Waals surface area contributed by atoms with Crippen LogP contribution in [-0.2, 0) is 0 Å². The molecule has 0 heterocycles. The van der Waals surface area contributed by atoms with Crippen molar-refractivity contribution in [3.63, 3.8) is 0 Å². The van der Waals surface area contributed by atoms with E-state index in [0.717, 1.165) is 0 Å². The summed E-state index contributed by atoms with van der Waals surface area (Å²) in [6.07, 6.45) is 3.88. The van der Waals surface area contributed by atoms with E-state index < -0.39 is 0 Å². The monoisotopic (exact) mass is 231 g/mol. The lowest BCUT2D eigenvalue weighted by molar-refractivity contribution is 0.102. The van der Waals surface area contributed by atoms with Crippen molar-refractivity contribution in [2.75, 3.05) is 13.1 Å². The van der Waals surface area contributed by atoms with E-state index in [1.54, 1.807) is 0 Å². The first-order valence-electron chi connectivity index (χ1n) is 7.39.